The molecule has 0 spiro atoms. The Morgan fingerprint density at radius 2 is 1.48 bits per heavy atom. The lowest BCUT2D eigenvalue weighted by Crippen LogP contribution is -2.01. The number of hydrogen-bond donors (Lipinski definition) is 0. The number of benzene rings is 3. The summed E-state index contributed by atoms with van der Waals surface area (Å²) in [6.07, 6.45) is 2.98. The summed E-state index contributed by atoms with van der Waals surface area (Å²) in [5.74, 6) is 2.44. The Morgan fingerprint density at radius 3 is 2.13 bits per heavy atom. The largest absolute Gasteiger partial charge is 0.493 e. The van der Waals surface area contributed by atoms with Crippen LogP contribution in [-0.4, -0.2) is 27.3 Å². The second-order valence-corrected chi connectivity index (χ2v) is 6.46. The van der Waals surface area contributed by atoms with Crippen LogP contribution in [0.4, 0.5) is 0 Å². The van der Waals surface area contributed by atoms with Gasteiger partial charge >= 0.3 is 5.97 Å². The molecule has 3 aromatic carbocycles. The van der Waals surface area contributed by atoms with Crippen LogP contribution in [0.5, 0.6) is 28.7 Å². The van der Waals surface area contributed by atoms with E-state index in [0.717, 1.165) is 11.3 Å². The predicted octanol–water partition coefficient (Wildman–Crippen LogP) is 5.26. The van der Waals surface area contributed by atoms with Crippen molar-refractivity contribution in [3.8, 4) is 28.7 Å². The van der Waals surface area contributed by atoms with Crippen molar-refractivity contribution in [1.82, 2.24) is 0 Å². The number of esters is 1. The lowest BCUT2D eigenvalue weighted by molar-refractivity contribution is -0.138. The molecule has 0 fully saturated rings. The fourth-order valence-electron chi connectivity index (χ4n) is 2.89. The van der Waals surface area contributed by atoms with Crippen LogP contribution >= 0.6 is 0 Å². The third-order valence-electron chi connectivity index (χ3n) is 4.36. The normalized spacial score (nSPS) is 10.5. The van der Waals surface area contributed by atoms with Crippen LogP contribution in [0.25, 0.3) is 6.08 Å². The van der Waals surface area contributed by atoms with Gasteiger partial charge in [0.05, 0.1) is 21.3 Å². The van der Waals surface area contributed by atoms with E-state index in [0.29, 0.717) is 28.6 Å². The topological polar surface area (TPSA) is 63.2 Å². The van der Waals surface area contributed by atoms with E-state index in [-0.39, 0.29) is 6.61 Å². The molecule has 31 heavy (non-hydrogen) atoms. The first-order chi connectivity index (χ1) is 15.1. The molecule has 0 saturated carbocycles. The number of ether oxygens (including phenoxy) is 5. The highest BCUT2D eigenvalue weighted by Gasteiger charge is 2.12. The maximum Gasteiger partial charge on any atom is 0.331 e. The van der Waals surface area contributed by atoms with Crippen molar-refractivity contribution in [3.05, 3.63) is 83.9 Å². The molecule has 0 aromatic heterocycles. The van der Waals surface area contributed by atoms with Gasteiger partial charge in [-0.05, 0) is 53.6 Å². The maximum absolute atomic E-state index is 12.2. The quantitative estimate of drug-likeness (QED) is 0.348. The summed E-state index contributed by atoms with van der Waals surface area (Å²) in [5.41, 5.74) is 1.53. The fourth-order valence-corrected chi connectivity index (χ4v) is 2.89. The van der Waals surface area contributed by atoms with Crippen LogP contribution < -0.4 is 18.9 Å². The van der Waals surface area contributed by atoms with Crippen molar-refractivity contribution in [2.75, 3.05) is 21.3 Å². The molecule has 0 unspecified atom stereocenters. The Balaban J connectivity index is 1.61. The number of carbonyl (C=O) groups excluding carboxylic acids is 1. The number of carbonyl (C=O) groups is 1. The monoisotopic (exact) mass is 420 g/mol. The minimum atomic E-state index is -0.469. The van der Waals surface area contributed by atoms with E-state index in [4.69, 9.17) is 23.7 Å². The van der Waals surface area contributed by atoms with Gasteiger partial charge in [-0.25, -0.2) is 4.79 Å². The molecule has 0 bridgehead atoms. The molecule has 3 aromatic rings. The van der Waals surface area contributed by atoms with Crippen molar-refractivity contribution in [3.63, 3.8) is 0 Å². The van der Waals surface area contributed by atoms with Crippen LogP contribution in [-0.2, 0) is 16.1 Å². The van der Waals surface area contributed by atoms with Crippen LogP contribution in [0.2, 0.25) is 0 Å². The van der Waals surface area contributed by atoms with E-state index in [1.807, 2.05) is 54.6 Å². The summed E-state index contributed by atoms with van der Waals surface area (Å²) in [5, 5.41) is 0. The number of para-hydroxylation sites is 1. The molecule has 0 radical (unpaired) electrons. The summed E-state index contributed by atoms with van der Waals surface area (Å²) in [6, 6.07) is 20.4. The van der Waals surface area contributed by atoms with E-state index in [1.54, 1.807) is 18.2 Å². The first kappa shape index (κ1) is 21.8. The van der Waals surface area contributed by atoms with Crippen molar-refractivity contribution < 1.29 is 28.5 Å². The second-order valence-electron chi connectivity index (χ2n) is 6.46. The highest BCUT2D eigenvalue weighted by Crippen LogP contribution is 2.38. The van der Waals surface area contributed by atoms with E-state index < -0.39 is 5.97 Å². The predicted molar refractivity (Wildman–Crippen MR) is 118 cm³/mol. The van der Waals surface area contributed by atoms with Gasteiger partial charge in [0.1, 0.15) is 18.1 Å². The highest BCUT2D eigenvalue weighted by molar-refractivity contribution is 5.87. The Morgan fingerprint density at radius 1 is 0.806 bits per heavy atom. The molecule has 0 N–H and O–H groups in total. The van der Waals surface area contributed by atoms with E-state index >= 15 is 0 Å². The lowest BCUT2D eigenvalue weighted by atomic mass is 10.1. The van der Waals surface area contributed by atoms with E-state index in [1.165, 1.54) is 27.4 Å². The molecule has 0 amide bonds. The zero-order valence-electron chi connectivity index (χ0n) is 17.7. The number of rotatable bonds is 9. The van der Waals surface area contributed by atoms with Gasteiger partial charge in [-0.3, -0.25) is 0 Å². The molecule has 6 heteroatoms. The highest BCUT2D eigenvalue weighted by atomic mass is 16.5. The average molecular weight is 420 g/mol. The molecule has 0 aliphatic heterocycles. The summed E-state index contributed by atoms with van der Waals surface area (Å²) >= 11 is 0. The SMILES string of the molecule is COc1cc(/C=C/C(=O)OCc2cccc(Oc3ccccc3)c2)cc(OC)c1OC. The summed E-state index contributed by atoms with van der Waals surface area (Å²) < 4.78 is 27.1. The standard InChI is InChI=1S/C25H24O6/c1-27-22-15-18(16-23(28-2)25(22)29-3)12-13-24(26)30-17-19-8-7-11-21(14-19)31-20-9-5-4-6-10-20/h4-16H,17H2,1-3H3/b13-12+. The fraction of sp³-hybridized carbons (Fsp3) is 0.160. The summed E-state index contributed by atoms with van der Waals surface area (Å²) in [4.78, 5) is 12.2. The zero-order valence-corrected chi connectivity index (χ0v) is 17.7. The van der Waals surface area contributed by atoms with Gasteiger partial charge in [-0.2, -0.15) is 0 Å². The minimum absolute atomic E-state index is 0.129. The van der Waals surface area contributed by atoms with Gasteiger partial charge in [0.25, 0.3) is 0 Å². The molecule has 0 saturated heterocycles. The van der Waals surface area contributed by atoms with Gasteiger partial charge in [-0.15, -0.1) is 0 Å². The van der Waals surface area contributed by atoms with E-state index in [2.05, 4.69) is 0 Å². The minimum Gasteiger partial charge on any atom is -0.493 e. The average Bonchev–Trinajstić information content (AvgIpc) is 2.81. The number of hydrogen-bond acceptors (Lipinski definition) is 6. The van der Waals surface area contributed by atoms with Crippen molar-refractivity contribution >= 4 is 12.0 Å². The first-order valence-electron chi connectivity index (χ1n) is 9.59. The van der Waals surface area contributed by atoms with Crippen molar-refractivity contribution in [1.29, 1.82) is 0 Å². The molecule has 3 rings (SSSR count). The molecule has 6 nitrogen and oxygen atoms in total. The molecular formula is C25H24O6. The van der Waals surface area contributed by atoms with Gasteiger partial charge in [0.15, 0.2) is 11.5 Å². The number of methoxy groups -OCH3 is 3. The van der Waals surface area contributed by atoms with Gasteiger partial charge in [0.2, 0.25) is 5.75 Å². The Labute approximate surface area is 181 Å². The molecule has 160 valence electrons. The molecule has 0 aliphatic rings. The van der Waals surface area contributed by atoms with E-state index in [9.17, 15) is 4.79 Å². The Hall–Kier alpha value is -3.93. The summed E-state index contributed by atoms with van der Waals surface area (Å²) in [7, 11) is 4.61. The Kier molecular flexibility index (Phi) is 7.54. The second kappa shape index (κ2) is 10.7. The Bertz CT molecular complexity index is 1020. The molecule has 0 heterocycles. The third kappa shape index (κ3) is 6.02. The summed E-state index contributed by atoms with van der Waals surface area (Å²) in [6.45, 7) is 0.129. The van der Waals surface area contributed by atoms with Crippen LogP contribution in [0, 0.1) is 0 Å². The smallest absolute Gasteiger partial charge is 0.331 e. The maximum atomic E-state index is 12.2. The van der Waals surface area contributed by atoms with Gasteiger partial charge in [-0.1, -0.05) is 30.3 Å². The van der Waals surface area contributed by atoms with Crippen molar-refractivity contribution in [2.24, 2.45) is 0 Å². The molecule has 0 aliphatic carbocycles. The van der Waals surface area contributed by atoms with Crippen molar-refractivity contribution in [2.45, 2.75) is 6.61 Å². The molecule has 0 atom stereocenters. The third-order valence-corrected chi connectivity index (χ3v) is 4.36. The lowest BCUT2D eigenvalue weighted by Gasteiger charge is -2.12. The van der Waals surface area contributed by atoms with Crippen LogP contribution in [0.3, 0.4) is 0 Å². The van der Waals surface area contributed by atoms with Crippen LogP contribution in [0.15, 0.2) is 72.8 Å². The van der Waals surface area contributed by atoms with Gasteiger partial charge < -0.3 is 23.7 Å². The zero-order chi connectivity index (χ0) is 22.1. The van der Waals surface area contributed by atoms with Gasteiger partial charge in [0, 0.05) is 6.08 Å². The molecular weight excluding hydrogens is 396 g/mol. The van der Waals surface area contributed by atoms with Crippen LogP contribution in [0.1, 0.15) is 11.1 Å². The first-order valence-corrected chi connectivity index (χ1v) is 9.59.